The third-order valence-corrected chi connectivity index (χ3v) is 4.83. The van der Waals surface area contributed by atoms with Crippen molar-refractivity contribution in [3.05, 3.63) is 15.6 Å². The fraction of sp³-hybridized carbons (Fsp3) is 0.643. The highest BCUT2D eigenvalue weighted by molar-refractivity contribution is 7.13. The Morgan fingerprint density at radius 3 is 2.55 bits per heavy atom. The molecule has 1 amide bonds. The van der Waals surface area contributed by atoms with E-state index in [2.05, 4.69) is 10.3 Å². The van der Waals surface area contributed by atoms with Gasteiger partial charge in [-0.25, -0.2) is 4.98 Å². The van der Waals surface area contributed by atoms with E-state index >= 15 is 0 Å². The average Bonchev–Trinajstić information content (AvgIpc) is 2.60. The predicted octanol–water partition coefficient (Wildman–Crippen LogP) is 2.52. The van der Waals surface area contributed by atoms with Gasteiger partial charge in [0.05, 0.1) is 16.6 Å². The van der Waals surface area contributed by atoms with Gasteiger partial charge in [-0.05, 0) is 26.7 Å². The first-order valence-electron chi connectivity index (χ1n) is 6.96. The largest absolute Gasteiger partial charge is 0.481 e. The Bertz CT molecular complexity index is 513. The van der Waals surface area contributed by atoms with Crippen molar-refractivity contribution in [3.8, 4) is 0 Å². The standard InChI is InChI=1S/C14H20N2O3S/c1-8-12(20-9(2)15-8)13(17)16-11-7-5-3-4-6-10(11)14(18)19/h10-11H,3-7H2,1-2H3,(H,16,17)(H,18,19)/t10-,11+/m1/s1. The maximum absolute atomic E-state index is 12.3. The number of thiazole rings is 1. The van der Waals surface area contributed by atoms with Crippen LogP contribution in [0.15, 0.2) is 0 Å². The lowest BCUT2D eigenvalue weighted by atomic mass is 9.95. The van der Waals surface area contributed by atoms with Gasteiger partial charge in [-0.3, -0.25) is 9.59 Å². The molecule has 0 saturated heterocycles. The molecule has 1 aromatic heterocycles. The lowest BCUT2D eigenvalue weighted by Gasteiger charge is -2.22. The smallest absolute Gasteiger partial charge is 0.308 e. The Balaban J connectivity index is 2.11. The number of nitrogens with one attached hydrogen (secondary N) is 1. The first-order chi connectivity index (χ1) is 9.49. The molecular weight excluding hydrogens is 276 g/mol. The van der Waals surface area contributed by atoms with Gasteiger partial charge in [0, 0.05) is 6.04 Å². The molecule has 1 saturated carbocycles. The Morgan fingerprint density at radius 1 is 1.25 bits per heavy atom. The third kappa shape index (κ3) is 3.36. The summed E-state index contributed by atoms with van der Waals surface area (Å²) in [6.07, 6.45) is 4.30. The molecule has 0 unspecified atom stereocenters. The number of carboxylic acid groups (broad SMARTS) is 1. The van der Waals surface area contributed by atoms with Crippen LogP contribution in [-0.2, 0) is 4.79 Å². The molecule has 2 rings (SSSR count). The average molecular weight is 296 g/mol. The Kier molecular flexibility index (Phi) is 4.75. The number of carbonyl (C=O) groups is 2. The first kappa shape index (κ1) is 15.0. The van der Waals surface area contributed by atoms with Gasteiger partial charge in [0.15, 0.2) is 0 Å². The van der Waals surface area contributed by atoms with Crippen LogP contribution in [0.1, 0.15) is 52.5 Å². The number of carboxylic acids is 1. The molecule has 1 aliphatic rings. The molecule has 110 valence electrons. The van der Waals surface area contributed by atoms with Crippen LogP contribution in [0.2, 0.25) is 0 Å². The summed E-state index contributed by atoms with van der Waals surface area (Å²) in [4.78, 5) is 28.5. The van der Waals surface area contributed by atoms with E-state index in [1.165, 1.54) is 11.3 Å². The van der Waals surface area contributed by atoms with E-state index in [-0.39, 0.29) is 11.9 Å². The number of hydrogen-bond acceptors (Lipinski definition) is 4. The van der Waals surface area contributed by atoms with Crippen LogP contribution in [0.5, 0.6) is 0 Å². The van der Waals surface area contributed by atoms with Crippen LogP contribution in [-0.4, -0.2) is 28.0 Å². The van der Waals surface area contributed by atoms with Gasteiger partial charge < -0.3 is 10.4 Å². The maximum Gasteiger partial charge on any atom is 0.308 e. The van der Waals surface area contributed by atoms with Crippen molar-refractivity contribution < 1.29 is 14.7 Å². The van der Waals surface area contributed by atoms with Crippen LogP contribution in [0, 0.1) is 19.8 Å². The molecule has 0 spiro atoms. The van der Waals surface area contributed by atoms with Crippen molar-refractivity contribution in [3.63, 3.8) is 0 Å². The van der Waals surface area contributed by atoms with Gasteiger partial charge in [-0.15, -0.1) is 11.3 Å². The molecule has 0 bridgehead atoms. The zero-order chi connectivity index (χ0) is 14.7. The molecule has 2 N–H and O–H groups in total. The van der Waals surface area contributed by atoms with E-state index in [9.17, 15) is 14.7 Å². The number of rotatable bonds is 3. The van der Waals surface area contributed by atoms with Crippen molar-refractivity contribution in [2.24, 2.45) is 5.92 Å². The van der Waals surface area contributed by atoms with E-state index in [0.717, 1.165) is 30.7 Å². The second-order valence-electron chi connectivity index (χ2n) is 5.31. The fourth-order valence-corrected chi connectivity index (χ4v) is 3.57. The van der Waals surface area contributed by atoms with Gasteiger partial charge >= 0.3 is 5.97 Å². The molecule has 0 radical (unpaired) electrons. The topological polar surface area (TPSA) is 79.3 Å². The summed E-state index contributed by atoms with van der Waals surface area (Å²) in [6, 6.07) is -0.274. The van der Waals surface area contributed by atoms with Crippen LogP contribution in [0.3, 0.4) is 0 Å². The number of aliphatic carboxylic acids is 1. The number of aromatic nitrogens is 1. The van der Waals surface area contributed by atoms with Gasteiger partial charge in [0.2, 0.25) is 0 Å². The van der Waals surface area contributed by atoms with Gasteiger partial charge in [-0.2, -0.15) is 0 Å². The van der Waals surface area contributed by atoms with E-state index in [1.54, 1.807) is 6.92 Å². The summed E-state index contributed by atoms with van der Waals surface area (Å²) in [7, 11) is 0. The zero-order valence-electron chi connectivity index (χ0n) is 11.8. The molecule has 6 heteroatoms. The van der Waals surface area contributed by atoms with Crippen molar-refractivity contribution >= 4 is 23.2 Å². The van der Waals surface area contributed by atoms with Gasteiger partial charge in [-0.1, -0.05) is 19.3 Å². The summed E-state index contributed by atoms with van der Waals surface area (Å²) in [6.45, 7) is 3.67. The molecule has 0 aliphatic heterocycles. The SMILES string of the molecule is Cc1nc(C)c(C(=O)N[C@H]2CCCCC[C@H]2C(=O)O)s1. The zero-order valence-corrected chi connectivity index (χ0v) is 12.6. The van der Waals surface area contributed by atoms with Crippen molar-refractivity contribution in [2.45, 2.75) is 52.0 Å². The van der Waals surface area contributed by atoms with Gasteiger partial charge in [0.25, 0.3) is 5.91 Å². The molecule has 1 aromatic rings. The number of carbonyl (C=O) groups excluding carboxylic acids is 1. The van der Waals surface area contributed by atoms with E-state index in [0.29, 0.717) is 17.0 Å². The van der Waals surface area contributed by atoms with E-state index < -0.39 is 11.9 Å². The van der Waals surface area contributed by atoms with Crippen molar-refractivity contribution in [2.75, 3.05) is 0 Å². The Labute approximate surface area is 122 Å². The summed E-state index contributed by atoms with van der Waals surface area (Å²) in [5, 5.41) is 13.1. The van der Waals surface area contributed by atoms with Crippen LogP contribution in [0.4, 0.5) is 0 Å². The molecule has 1 heterocycles. The second kappa shape index (κ2) is 6.35. The lowest BCUT2D eigenvalue weighted by Crippen LogP contribution is -2.42. The minimum absolute atomic E-state index is 0.189. The Morgan fingerprint density at radius 2 is 1.95 bits per heavy atom. The van der Waals surface area contributed by atoms with Crippen LogP contribution in [0.25, 0.3) is 0 Å². The molecule has 5 nitrogen and oxygen atoms in total. The normalized spacial score (nSPS) is 23.1. The number of amides is 1. The van der Waals surface area contributed by atoms with Crippen molar-refractivity contribution in [1.82, 2.24) is 10.3 Å². The molecule has 1 fully saturated rings. The van der Waals surface area contributed by atoms with E-state index in [1.807, 2.05) is 6.92 Å². The van der Waals surface area contributed by atoms with Crippen LogP contribution >= 0.6 is 11.3 Å². The lowest BCUT2D eigenvalue weighted by molar-refractivity contribution is -0.142. The highest BCUT2D eigenvalue weighted by Gasteiger charge is 2.31. The number of nitrogens with zero attached hydrogens (tertiary/aromatic N) is 1. The molecule has 1 aliphatic carbocycles. The summed E-state index contributed by atoms with van der Waals surface area (Å²) in [5.41, 5.74) is 0.713. The van der Waals surface area contributed by atoms with E-state index in [4.69, 9.17) is 0 Å². The summed E-state index contributed by atoms with van der Waals surface area (Å²) >= 11 is 1.36. The quantitative estimate of drug-likeness (QED) is 0.840. The van der Waals surface area contributed by atoms with Crippen LogP contribution < -0.4 is 5.32 Å². The summed E-state index contributed by atoms with van der Waals surface area (Å²) < 4.78 is 0. The van der Waals surface area contributed by atoms with Gasteiger partial charge in [0.1, 0.15) is 4.88 Å². The predicted molar refractivity (Wildman–Crippen MR) is 77.1 cm³/mol. The first-order valence-corrected chi connectivity index (χ1v) is 7.78. The number of aryl methyl sites for hydroxylation is 2. The number of hydrogen-bond donors (Lipinski definition) is 2. The highest BCUT2D eigenvalue weighted by Crippen LogP contribution is 2.25. The third-order valence-electron chi connectivity index (χ3n) is 3.76. The fourth-order valence-electron chi connectivity index (χ4n) is 2.75. The Hall–Kier alpha value is -1.43. The molecule has 0 aromatic carbocycles. The minimum atomic E-state index is -0.811. The molecule has 20 heavy (non-hydrogen) atoms. The second-order valence-corrected chi connectivity index (χ2v) is 6.51. The minimum Gasteiger partial charge on any atom is -0.481 e. The summed E-state index contributed by atoms with van der Waals surface area (Å²) in [5.74, 6) is -1.48. The monoisotopic (exact) mass is 296 g/mol. The molecular formula is C14H20N2O3S. The van der Waals surface area contributed by atoms with Crippen molar-refractivity contribution in [1.29, 1.82) is 0 Å². The maximum atomic E-state index is 12.3. The molecule has 2 atom stereocenters. The highest BCUT2D eigenvalue weighted by atomic mass is 32.1.